The summed E-state index contributed by atoms with van der Waals surface area (Å²) >= 11 is 0. The monoisotopic (exact) mass is 422 g/mol. The van der Waals surface area contributed by atoms with Crippen LogP contribution in [0.4, 0.5) is 0 Å². The summed E-state index contributed by atoms with van der Waals surface area (Å²) in [5, 5.41) is 2.82. The highest BCUT2D eigenvalue weighted by Crippen LogP contribution is 2.25. The van der Waals surface area contributed by atoms with Crippen molar-refractivity contribution in [1.29, 1.82) is 0 Å². The molecule has 1 fully saturated rings. The number of pyridine rings is 1. The van der Waals surface area contributed by atoms with Gasteiger partial charge in [0.05, 0.1) is 28.0 Å². The summed E-state index contributed by atoms with van der Waals surface area (Å²) in [4.78, 5) is 44.8. The van der Waals surface area contributed by atoms with Gasteiger partial charge in [-0.2, -0.15) is 0 Å². The zero-order chi connectivity index (χ0) is 21.6. The minimum Gasteiger partial charge on any atom is -0.346 e. The van der Waals surface area contributed by atoms with Gasteiger partial charge in [-0.25, -0.2) is 18.2 Å². The van der Waals surface area contributed by atoms with Gasteiger partial charge in [0, 0.05) is 12.2 Å². The van der Waals surface area contributed by atoms with Gasteiger partial charge in [-0.3, -0.25) is 19.1 Å². The molecule has 158 valence electrons. The van der Waals surface area contributed by atoms with E-state index in [0.717, 1.165) is 0 Å². The predicted octanol–water partition coefficient (Wildman–Crippen LogP) is 0.925. The first-order valence-electron chi connectivity index (χ1n) is 9.67. The fourth-order valence-corrected chi connectivity index (χ4v) is 5.74. The quantitative estimate of drug-likeness (QED) is 0.737. The fraction of sp³-hybridized carbons (Fsp3) is 0.579. The molecule has 10 heteroatoms. The van der Waals surface area contributed by atoms with Gasteiger partial charge in [-0.1, -0.05) is 20.8 Å². The molecular weight excluding hydrogens is 396 g/mol. The standard InChI is InChI=1S/C19H26N4O5S/c1-5-7-23-15-14(17(25)21-18(23)26)12(9-13(20-15)11(2)3)16(24)22-19(4)6-8-29(27,28)10-19/h9,11H,5-8,10H2,1-4H3,(H,22,24)(H,21,25,26). The molecule has 1 unspecified atom stereocenters. The molecule has 0 aromatic carbocycles. The summed E-state index contributed by atoms with van der Waals surface area (Å²) in [5.41, 5.74) is -1.33. The molecule has 0 spiro atoms. The Kier molecular flexibility index (Phi) is 5.42. The summed E-state index contributed by atoms with van der Waals surface area (Å²) in [6.45, 7) is 7.72. The van der Waals surface area contributed by atoms with Gasteiger partial charge in [-0.05, 0) is 31.7 Å². The summed E-state index contributed by atoms with van der Waals surface area (Å²) in [6.07, 6.45) is 0.949. The highest BCUT2D eigenvalue weighted by atomic mass is 32.2. The van der Waals surface area contributed by atoms with E-state index in [1.54, 1.807) is 13.0 Å². The van der Waals surface area contributed by atoms with Crippen LogP contribution in [0.3, 0.4) is 0 Å². The molecule has 1 aliphatic heterocycles. The van der Waals surface area contributed by atoms with Crippen molar-refractivity contribution in [2.75, 3.05) is 11.5 Å². The molecule has 0 aliphatic carbocycles. The molecule has 9 nitrogen and oxygen atoms in total. The number of aromatic nitrogens is 3. The molecule has 0 saturated carbocycles. The molecule has 2 aromatic heterocycles. The number of carbonyl (C=O) groups excluding carboxylic acids is 1. The van der Waals surface area contributed by atoms with Crippen molar-refractivity contribution in [1.82, 2.24) is 19.9 Å². The third-order valence-electron chi connectivity index (χ3n) is 5.17. The van der Waals surface area contributed by atoms with Crippen LogP contribution in [0.1, 0.15) is 62.5 Å². The second-order valence-corrected chi connectivity index (χ2v) is 10.4. The van der Waals surface area contributed by atoms with Crippen LogP contribution in [0.5, 0.6) is 0 Å². The zero-order valence-corrected chi connectivity index (χ0v) is 17.9. The number of hydrogen-bond donors (Lipinski definition) is 2. The van der Waals surface area contributed by atoms with Gasteiger partial charge in [0.2, 0.25) is 0 Å². The van der Waals surface area contributed by atoms with Crippen molar-refractivity contribution >= 4 is 26.8 Å². The van der Waals surface area contributed by atoms with Crippen molar-refractivity contribution < 1.29 is 13.2 Å². The molecule has 2 aromatic rings. The predicted molar refractivity (Wildman–Crippen MR) is 110 cm³/mol. The maximum atomic E-state index is 13.1. The molecule has 0 radical (unpaired) electrons. The Morgan fingerprint density at radius 2 is 2.07 bits per heavy atom. The van der Waals surface area contributed by atoms with Gasteiger partial charge in [0.15, 0.2) is 15.5 Å². The van der Waals surface area contributed by atoms with E-state index in [0.29, 0.717) is 25.1 Å². The Bertz CT molecular complexity index is 1200. The van der Waals surface area contributed by atoms with Crippen LogP contribution in [-0.4, -0.2) is 45.9 Å². The number of hydrogen-bond acceptors (Lipinski definition) is 6. The maximum absolute atomic E-state index is 13.1. The number of carbonyl (C=O) groups is 1. The number of nitrogens with one attached hydrogen (secondary N) is 2. The molecular formula is C19H26N4O5S. The summed E-state index contributed by atoms with van der Waals surface area (Å²) < 4.78 is 25.1. The molecule has 29 heavy (non-hydrogen) atoms. The number of nitrogens with zero attached hydrogens (tertiary/aromatic N) is 2. The average Bonchev–Trinajstić information content (AvgIpc) is 2.90. The van der Waals surface area contributed by atoms with E-state index in [4.69, 9.17) is 0 Å². The molecule has 1 atom stereocenters. The number of aryl methyl sites for hydroxylation is 1. The SMILES string of the molecule is CCCn1c(=O)[nH]c(=O)c2c(C(=O)NC3(C)CCS(=O)(=O)C3)cc(C(C)C)nc21. The Labute approximate surface area is 168 Å². The zero-order valence-electron chi connectivity index (χ0n) is 17.0. The lowest BCUT2D eigenvalue weighted by molar-refractivity contribution is 0.0916. The molecule has 3 heterocycles. The van der Waals surface area contributed by atoms with E-state index < -0.39 is 32.5 Å². The summed E-state index contributed by atoms with van der Waals surface area (Å²) in [6, 6.07) is 1.55. The third-order valence-corrected chi connectivity index (χ3v) is 7.07. The summed E-state index contributed by atoms with van der Waals surface area (Å²) in [5.74, 6) is -0.735. The van der Waals surface area contributed by atoms with Crippen LogP contribution in [0, 0.1) is 0 Å². The van der Waals surface area contributed by atoms with Crippen LogP contribution in [0.15, 0.2) is 15.7 Å². The maximum Gasteiger partial charge on any atom is 0.329 e. The molecule has 1 amide bonds. The fourth-order valence-electron chi connectivity index (χ4n) is 3.65. The number of sulfone groups is 1. The minimum absolute atomic E-state index is 0.00867. The van der Waals surface area contributed by atoms with Crippen LogP contribution in [0.2, 0.25) is 0 Å². The number of aromatic amines is 1. The van der Waals surface area contributed by atoms with Crippen molar-refractivity contribution in [3.63, 3.8) is 0 Å². The largest absolute Gasteiger partial charge is 0.346 e. The Hall–Kier alpha value is -2.49. The third kappa shape index (κ3) is 4.12. The highest BCUT2D eigenvalue weighted by Gasteiger charge is 2.40. The van der Waals surface area contributed by atoms with Crippen LogP contribution in [-0.2, 0) is 16.4 Å². The van der Waals surface area contributed by atoms with Crippen LogP contribution >= 0.6 is 0 Å². The van der Waals surface area contributed by atoms with Crippen molar-refractivity contribution in [2.45, 2.75) is 58.5 Å². The van der Waals surface area contributed by atoms with Gasteiger partial charge >= 0.3 is 5.69 Å². The first kappa shape index (κ1) is 21.2. The van der Waals surface area contributed by atoms with Crippen molar-refractivity contribution in [3.8, 4) is 0 Å². The lowest BCUT2D eigenvalue weighted by atomic mass is 9.99. The van der Waals surface area contributed by atoms with Gasteiger partial charge in [0.1, 0.15) is 0 Å². The second kappa shape index (κ2) is 7.40. The Morgan fingerprint density at radius 1 is 1.38 bits per heavy atom. The molecule has 1 aliphatic rings. The van der Waals surface area contributed by atoms with E-state index >= 15 is 0 Å². The van der Waals surface area contributed by atoms with Crippen molar-refractivity contribution in [2.24, 2.45) is 0 Å². The molecule has 3 rings (SSSR count). The number of rotatable bonds is 5. The Balaban J connectivity index is 2.21. The van der Waals surface area contributed by atoms with Crippen LogP contribution < -0.4 is 16.6 Å². The Morgan fingerprint density at radius 3 is 2.62 bits per heavy atom. The smallest absolute Gasteiger partial charge is 0.329 e. The molecule has 0 bridgehead atoms. The molecule has 1 saturated heterocycles. The van der Waals surface area contributed by atoms with E-state index in [-0.39, 0.29) is 34.0 Å². The topological polar surface area (TPSA) is 131 Å². The lowest BCUT2D eigenvalue weighted by Gasteiger charge is -2.24. The van der Waals surface area contributed by atoms with Gasteiger partial charge in [0.25, 0.3) is 11.5 Å². The van der Waals surface area contributed by atoms with Gasteiger partial charge in [-0.15, -0.1) is 0 Å². The van der Waals surface area contributed by atoms with Crippen LogP contribution in [0.25, 0.3) is 11.0 Å². The summed E-state index contributed by atoms with van der Waals surface area (Å²) in [7, 11) is -3.21. The number of amides is 1. The van der Waals surface area contributed by atoms with E-state index in [1.165, 1.54) is 4.57 Å². The minimum atomic E-state index is -3.21. The number of H-pyrrole nitrogens is 1. The van der Waals surface area contributed by atoms with E-state index in [9.17, 15) is 22.8 Å². The van der Waals surface area contributed by atoms with Gasteiger partial charge < -0.3 is 5.32 Å². The average molecular weight is 423 g/mol. The van der Waals surface area contributed by atoms with E-state index in [1.807, 2.05) is 20.8 Å². The first-order valence-corrected chi connectivity index (χ1v) is 11.5. The second-order valence-electron chi connectivity index (χ2n) is 8.22. The normalized spacial score (nSPS) is 21.0. The molecule has 2 N–H and O–H groups in total. The first-order chi connectivity index (χ1) is 13.5. The lowest BCUT2D eigenvalue weighted by Crippen LogP contribution is -2.47. The highest BCUT2D eigenvalue weighted by molar-refractivity contribution is 7.91. The van der Waals surface area contributed by atoms with E-state index in [2.05, 4.69) is 15.3 Å². The number of fused-ring (bicyclic) bond motifs is 1. The van der Waals surface area contributed by atoms with Crippen molar-refractivity contribution in [3.05, 3.63) is 38.2 Å².